The summed E-state index contributed by atoms with van der Waals surface area (Å²) in [5.41, 5.74) is 4.10. The second-order valence-electron chi connectivity index (χ2n) is 22.3. The minimum absolute atomic E-state index is 0.0419. The van der Waals surface area contributed by atoms with Gasteiger partial charge in [-0.05, 0) is 73.1 Å². The Hall–Kier alpha value is -7.31. The van der Waals surface area contributed by atoms with Crippen LogP contribution < -0.4 is 21.3 Å². The van der Waals surface area contributed by atoms with Crippen molar-refractivity contribution in [1.29, 1.82) is 0 Å². The molecule has 5 aliphatic rings. The Bertz CT molecular complexity index is 2700. The van der Waals surface area contributed by atoms with Gasteiger partial charge < -0.3 is 40.5 Å². The standard InChI is InChI=1S/C64H76N6O9/c1-2-33-78-42-58(71)79-34-21-10-8-6-4-3-5-7-9-20-32-65-59(72)51-38-69(39-52(51)60(73)66-55-35-48(55)43-22-14-11-15-23-43)63(76)46-28-30-47(31-29-46)64(77)70-40-53(61(74)67-56-36-49(56)44-24-16-12-17-25-44)54(41-70)62(75)68-57-37-50(57)45-26-18-13-19-27-45/h1,11-19,22-31,48-57H,3-10,20-21,32-42H2,(H,65,72)(H,66,73)(H,67,74)(H,68,75)/t48-,49-,50-,51-,52-,53-,54-,55+,56+,57+/m1/s1. The Kier molecular flexibility index (Phi) is 19.7. The van der Waals surface area contributed by atoms with Crippen LogP contribution >= 0.6 is 0 Å². The van der Waals surface area contributed by atoms with E-state index in [0.717, 1.165) is 100 Å². The second kappa shape index (κ2) is 27.5. The average molecular weight is 1070 g/mol. The molecule has 0 radical (unpaired) electrons. The van der Waals surface area contributed by atoms with E-state index in [4.69, 9.17) is 15.9 Å². The SMILES string of the molecule is C#CCOCC(=O)OCCCCCCCCCCCCNC(=O)[C@@H]1CN(C(=O)c2ccc(C(=O)N3C[C@@H](C(=O)N[C@H]4C[C@@H]4c4ccccc4)[C@H](C(=O)N[C@H]4C[C@@H]4c4ccccc4)C3)cc2)C[C@H]1C(=O)N[C@H]1C[C@@H]1c1ccccc1. The van der Waals surface area contributed by atoms with Gasteiger partial charge in [0.05, 0.1) is 30.3 Å². The fraction of sp³-hybridized carbons (Fsp3) is 0.484. The summed E-state index contributed by atoms with van der Waals surface area (Å²) in [5.74, 6) is -2.09. The summed E-state index contributed by atoms with van der Waals surface area (Å²) in [7, 11) is 0. The molecule has 3 saturated carbocycles. The first-order valence-electron chi connectivity index (χ1n) is 28.7. The fourth-order valence-electron chi connectivity index (χ4n) is 11.7. The van der Waals surface area contributed by atoms with Crippen molar-refractivity contribution >= 4 is 41.4 Å². The number of carbonyl (C=O) groups excluding carboxylic acids is 7. The lowest BCUT2D eigenvalue weighted by molar-refractivity contribution is -0.148. The molecule has 6 amide bonds. The number of terminal acetylenes is 1. The van der Waals surface area contributed by atoms with Crippen molar-refractivity contribution in [3.8, 4) is 12.3 Å². The Morgan fingerprint density at radius 3 is 1.20 bits per heavy atom. The Morgan fingerprint density at radius 1 is 0.468 bits per heavy atom. The molecule has 2 saturated heterocycles. The summed E-state index contributed by atoms with van der Waals surface area (Å²) in [6.45, 7) is 1.13. The first-order chi connectivity index (χ1) is 38.6. The van der Waals surface area contributed by atoms with Gasteiger partial charge in [-0.2, -0.15) is 0 Å². The zero-order chi connectivity index (χ0) is 55.1. The van der Waals surface area contributed by atoms with E-state index < -0.39 is 29.6 Å². The fourth-order valence-corrected chi connectivity index (χ4v) is 11.7. The molecule has 9 rings (SSSR count). The molecule has 0 bridgehead atoms. The molecule has 15 nitrogen and oxygen atoms in total. The molecular weight excluding hydrogens is 997 g/mol. The zero-order valence-electron chi connectivity index (χ0n) is 45.2. The minimum atomic E-state index is -0.742. The molecule has 416 valence electrons. The number of unbranched alkanes of at least 4 members (excludes halogenated alkanes) is 9. The maximum atomic E-state index is 14.2. The number of hydrogen-bond acceptors (Lipinski definition) is 9. The summed E-state index contributed by atoms with van der Waals surface area (Å²) in [5, 5.41) is 12.7. The molecule has 0 spiro atoms. The number of carbonyl (C=O) groups is 7. The van der Waals surface area contributed by atoms with Crippen LogP contribution in [-0.4, -0.2) is 122 Å². The smallest absolute Gasteiger partial charge is 0.332 e. The normalized spacial score (nSPS) is 24.4. The van der Waals surface area contributed by atoms with Gasteiger partial charge in [-0.15, -0.1) is 6.42 Å². The predicted octanol–water partition coefficient (Wildman–Crippen LogP) is 7.29. The van der Waals surface area contributed by atoms with E-state index in [1.807, 2.05) is 54.6 Å². The number of rotatable bonds is 28. The highest BCUT2D eigenvalue weighted by Gasteiger charge is 2.50. The van der Waals surface area contributed by atoms with Crippen molar-refractivity contribution in [3.63, 3.8) is 0 Å². The third kappa shape index (κ3) is 15.5. The van der Waals surface area contributed by atoms with Crippen LogP contribution in [0.25, 0.3) is 0 Å². The molecule has 2 aliphatic heterocycles. The third-order valence-corrected chi connectivity index (χ3v) is 16.5. The maximum absolute atomic E-state index is 14.2. The molecule has 0 unspecified atom stereocenters. The highest BCUT2D eigenvalue weighted by Crippen LogP contribution is 2.44. The molecule has 2 heterocycles. The van der Waals surface area contributed by atoms with Gasteiger partial charge in [-0.1, -0.05) is 148 Å². The number of ether oxygens (including phenoxy) is 2. The molecule has 4 N–H and O–H groups in total. The Labute approximate surface area is 464 Å². The van der Waals surface area contributed by atoms with Crippen molar-refractivity contribution < 1.29 is 43.0 Å². The van der Waals surface area contributed by atoms with Gasteiger partial charge in [-0.3, -0.25) is 28.8 Å². The molecular formula is C64H76N6O9. The number of nitrogens with zero attached hydrogens (tertiary/aromatic N) is 2. The minimum Gasteiger partial charge on any atom is -0.464 e. The molecule has 79 heavy (non-hydrogen) atoms. The zero-order valence-corrected chi connectivity index (χ0v) is 45.2. The van der Waals surface area contributed by atoms with Crippen LogP contribution in [0.3, 0.4) is 0 Å². The highest BCUT2D eigenvalue weighted by molar-refractivity contribution is 6.00. The molecule has 4 aromatic carbocycles. The number of hydrogen-bond donors (Lipinski definition) is 4. The first-order valence-corrected chi connectivity index (χ1v) is 28.7. The predicted molar refractivity (Wildman–Crippen MR) is 299 cm³/mol. The quantitative estimate of drug-likeness (QED) is 0.0257. The number of benzene rings is 4. The lowest BCUT2D eigenvalue weighted by Gasteiger charge is -2.18. The largest absolute Gasteiger partial charge is 0.464 e. The van der Waals surface area contributed by atoms with Gasteiger partial charge >= 0.3 is 5.97 Å². The van der Waals surface area contributed by atoms with Gasteiger partial charge in [0, 0.05) is 79.7 Å². The number of amides is 6. The Morgan fingerprint density at radius 2 is 0.823 bits per heavy atom. The average Bonchev–Trinajstić information content (AvgIpc) is 4.52. The van der Waals surface area contributed by atoms with Crippen LogP contribution in [0.5, 0.6) is 0 Å². The number of nitrogens with one attached hydrogen (secondary N) is 4. The monoisotopic (exact) mass is 1070 g/mol. The Balaban J connectivity index is 0.760. The van der Waals surface area contributed by atoms with Crippen molar-refractivity contribution in [1.82, 2.24) is 31.1 Å². The van der Waals surface area contributed by atoms with Crippen molar-refractivity contribution in [2.45, 2.75) is 119 Å². The second-order valence-corrected chi connectivity index (χ2v) is 22.3. The van der Waals surface area contributed by atoms with Crippen LogP contribution in [0.1, 0.15) is 139 Å². The summed E-state index contributed by atoms with van der Waals surface area (Å²) >= 11 is 0. The van der Waals surface area contributed by atoms with Gasteiger partial charge in [0.15, 0.2) is 0 Å². The van der Waals surface area contributed by atoms with Crippen LogP contribution in [-0.2, 0) is 33.4 Å². The van der Waals surface area contributed by atoms with Crippen LogP contribution in [0.4, 0.5) is 0 Å². The number of esters is 1. The van der Waals surface area contributed by atoms with E-state index in [1.54, 1.807) is 34.1 Å². The molecule has 15 heteroatoms. The molecule has 4 aromatic rings. The highest BCUT2D eigenvalue weighted by atomic mass is 16.6. The van der Waals surface area contributed by atoms with E-state index in [-0.39, 0.29) is 111 Å². The molecule has 5 fully saturated rings. The molecule has 10 atom stereocenters. The van der Waals surface area contributed by atoms with Crippen molar-refractivity contribution in [3.05, 3.63) is 143 Å². The summed E-state index contributed by atoms with van der Waals surface area (Å²) < 4.78 is 10.1. The first kappa shape index (κ1) is 56.4. The van der Waals surface area contributed by atoms with Gasteiger partial charge in [0.1, 0.15) is 13.2 Å². The van der Waals surface area contributed by atoms with Gasteiger partial charge in [0.25, 0.3) is 11.8 Å². The van der Waals surface area contributed by atoms with Crippen LogP contribution in [0, 0.1) is 36.0 Å². The number of likely N-dealkylation sites (tertiary alicyclic amines) is 2. The summed E-state index contributed by atoms with van der Waals surface area (Å²) in [6, 6.07) is 36.4. The van der Waals surface area contributed by atoms with Crippen LogP contribution in [0.15, 0.2) is 115 Å². The van der Waals surface area contributed by atoms with E-state index in [0.29, 0.717) is 24.3 Å². The summed E-state index contributed by atoms with van der Waals surface area (Å²) in [6.07, 6.45) is 17.8. The van der Waals surface area contributed by atoms with Crippen LogP contribution in [0.2, 0.25) is 0 Å². The summed E-state index contributed by atoms with van der Waals surface area (Å²) in [4.78, 5) is 99.2. The van der Waals surface area contributed by atoms with E-state index in [1.165, 1.54) is 0 Å². The lowest BCUT2D eigenvalue weighted by Crippen LogP contribution is -2.43. The van der Waals surface area contributed by atoms with Crippen molar-refractivity contribution in [2.24, 2.45) is 23.7 Å². The van der Waals surface area contributed by atoms with Crippen molar-refractivity contribution in [2.75, 3.05) is 52.5 Å². The van der Waals surface area contributed by atoms with E-state index in [9.17, 15) is 33.6 Å². The van der Waals surface area contributed by atoms with E-state index in [2.05, 4.69) is 63.6 Å². The maximum Gasteiger partial charge on any atom is 0.332 e. The van der Waals surface area contributed by atoms with E-state index >= 15 is 0 Å². The molecule has 0 aromatic heterocycles. The third-order valence-electron chi connectivity index (χ3n) is 16.5. The lowest BCUT2D eigenvalue weighted by atomic mass is 9.94. The topological polar surface area (TPSA) is 193 Å². The van der Waals surface area contributed by atoms with Gasteiger partial charge in [-0.25, -0.2) is 4.79 Å². The molecule has 3 aliphatic carbocycles. The van der Waals surface area contributed by atoms with Gasteiger partial charge in [0.2, 0.25) is 23.6 Å².